The minimum absolute atomic E-state index is 0.542. The van der Waals surface area contributed by atoms with E-state index in [9.17, 15) is 0 Å². The van der Waals surface area contributed by atoms with Gasteiger partial charge in [-0.3, -0.25) is 0 Å². The van der Waals surface area contributed by atoms with Gasteiger partial charge in [0, 0.05) is 34.4 Å². The molecular weight excluding hydrogens is 307 g/mol. The maximum atomic E-state index is 5.98. The molecular formula is C16H16Cl2N2O. The first-order valence-electron chi connectivity index (χ1n) is 6.93. The van der Waals surface area contributed by atoms with Crippen molar-refractivity contribution < 1.29 is 4.74 Å². The Hall–Kier alpha value is -1.29. The standard InChI is InChI=1S/C16H16Cl2N2O/c1-10-4-11(9-19-14-2-3-14)5-16(20-10)21-15-7-12(17)6-13(18)8-15/h4-8,14,19H,2-3,9H2,1H3. The molecule has 1 aromatic carbocycles. The van der Waals surface area contributed by atoms with Crippen LogP contribution in [0, 0.1) is 6.92 Å². The quantitative estimate of drug-likeness (QED) is 0.863. The first kappa shape index (κ1) is 14.6. The molecule has 0 radical (unpaired) electrons. The first-order valence-corrected chi connectivity index (χ1v) is 7.69. The Labute approximate surface area is 134 Å². The van der Waals surface area contributed by atoms with E-state index < -0.39 is 0 Å². The summed E-state index contributed by atoms with van der Waals surface area (Å²) in [4.78, 5) is 4.40. The number of hydrogen-bond acceptors (Lipinski definition) is 3. The zero-order chi connectivity index (χ0) is 14.8. The highest BCUT2D eigenvalue weighted by Crippen LogP contribution is 2.28. The van der Waals surface area contributed by atoms with Gasteiger partial charge in [0.05, 0.1) is 0 Å². The van der Waals surface area contributed by atoms with Gasteiger partial charge in [-0.05, 0) is 49.6 Å². The minimum Gasteiger partial charge on any atom is -0.439 e. The average Bonchev–Trinajstić information content (AvgIpc) is 3.18. The van der Waals surface area contributed by atoms with Crippen LogP contribution in [0.2, 0.25) is 10.0 Å². The van der Waals surface area contributed by atoms with E-state index in [0.717, 1.165) is 17.8 Å². The lowest BCUT2D eigenvalue weighted by atomic mass is 10.2. The van der Waals surface area contributed by atoms with E-state index in [1.165, 1.54) is 12.8 Å². The summed E-state index contributed by atoms with van der Waals surface area (Å²) in [6, 6.07) is 9.79. The molecule has 21 heavy (non-hydrogen) atoms. The van der Waals surface area contributed by atoms with Crippen molar-refractivity contribution in [2.24, 2.45) is 0 Å². The van der Waals surface area contributed by atoms with Crippen LogP contribution in [0.1, 0.15) is 24.1 Å². The average molecular weight is 323 g/mol. The molecule has 1 N–H and O–H groups in total. The smallest absolute Gasteiger partial charge is 0.219 e. The molecule has 1 fully saturated rings. The molecule has 5 heteroatoms. The molecule has 1 aromatic heterocycles. The molecule has 1 heterocycles. The van der Waals surface area contributed by atoms with Gasteiger partial charge in [-0.2, -0.15) is 0 Å². The van der Waals surface area contributed by atoms with E-state index in [1.807, 2.05) is 13.0 Å². The third-order valence-corrected chi connectivity index (χ3v) is 3.66. The molecule has 110 valence electrons. The normalized spacial score (nSPS) is 14.2. The molecule has 3 rings (SSSR count). The second kappa shape index (κ2) is 6.22. The van der Waals surface area contributed by atoms with Crippen molar-refractivity contribution in [3.63, 3.8) is 0 Å². The SMILES string of the molecule is Cc1cc(CNC2CC2)cc(Oc2cc(Cl)cc(Cl)c2)n1. The lowest BCUT2D eigenvalue weighted by Gasteiger charge is -2.09. The van der Waals surface area contributed by atoms with Crippen LogP contribution in [0.15, 0.2) is 30.3 Å². The van der Waals surface area contributed by atoms with E-state index in [2.05, 4.69) is 16.4 Å². The van der Waals surface area contributed by atoms with Crippen LogP contribution in [-0.2, 0) is 6.54 Å². The van der Waals surface area contributed by atoms with Gasteiger partial charge in [0.25, 0.3) is 0 Å². The molecule has 0 bridgehead atoms. The number of pyridine rings is 1. The summed E-state index contributed by atoms with van der Waals surface area (Å²) < 4.78 is 5.78. The fourth-order valence-electron chi connectivity index (χ4n) is 2.12. The summed E-state index contributed by atoms with van der Waals surface area (Å²) in [6.07, 6.45) is 2.54. The van der Waals surface area contributed by atoms with E-state index in [0.29, 0.717) is 27.7 Å². The summed E-state index contributed by atoms with van der Waals surface area (Å²) in [6.45, 7) is 2.79. The van der Waals surface area contributed by atoms with Gasteiger partial charge >= 0.3 is 0 Å². The molecule has 3 nitrogen and oxygen atoms in total. The number of aryl methyl sites for hydroxylation is 1. The second-order valence-electron chi connectivity index (χ2n) is 5.32. The largest absolute Gasteiger partial charge is 0.439 e. The van der Waals surface area contributed by atoms with E-state index in [4.69, 9.17) is 27.9 Å². The molecule has 0 amide bonds. The predicted octanol–water partition coefficient (Wildman–Crippen LogP) is 4.74. The summed E-state index contributed by atoms with van der Waals surface area (Å²) in [5.74, 6) is 1.15. The first-order chi connectivity index (χ1) is 10.1. The molecule has 0 aliphatic heterocycles. The molecule has 1 saturated carbocycles. The highest BCUT2D eigenvalue weighted by Gasteiger charge is 2.20. The van der Waals surface area contributed by atoms with Crippen molar-refractivity contribution in [3.05, 3.63) is 51.6 Å². The van der Waals surface area contributed by atoms with Gasteiger partial charge in [-0.15, -0.1) is 0 Å². The van der Waals surface area contributed by atoms with Gasteiger partial charge in [-0.25, -0.2) is 4.98 Å². The zero-order valence-electron chi connectivity index (χ0n) is 11.7. The molecule has 0 saturated heterocycles. The monoisotopic (exact) mass is 322 g/mol. The number of hydrogen-bond donors (Lipinski definition) is 1. The number of benzene rings is 1. The van der Waals surface area contributed by atoms with Crippen LogP contribution in [0.5, 0.6) is 11.6 Å². The van der Waals surface area contributed by atoms with Crippen molar-refractivity contribution in [1.29, 1.82) is 0 Å². The van der Waals surface area contributed by atoms with Crippen molar-refractivity contribution in [1.82, 2.24) is 10.3 Å². The van der Waals surface area contributed by atoms with E-state index >= 15 is 0 Å². The Morgan fingerprint density at radius 2 is 1.86 bits per heavy atom. The lowest BCUT2D eigenvalue weighted by Crippen LogP contribution is -2.15. The summed E-state index contributed by atoms with van der Waals surface area (Å²) >= 11 is 12.0. The van der Waals surface area contributed by atoms with Crippen LogP contribution >= 0.6 is 23.2 Å². The highest BCUT2D eigenvalue weighted by molar-refractivity contribution is 6.34. The molecule has 1 aliphatic carbocycles. The molecule has 0 spiro atoms. The third-order valence-electron chi connectivity index (χ3n) is 3.22. The topological polar surface area (TPSA) is 34.1 Å². The number of rotatable bonds is 5. The maximum absolute atomic E-state index is 5.98. The van der Waals surface area contributed by atoms with Crippen LogP contribution in [0.25, 0.3) is 0 Å². The van der Waals surface area contributed by atoms with Gasteiger partial charge in [0.1, 0.15) is 5.75 Å². The van der Waals surface area contributed by atoms with Gasteiger partial charge in [0.2, 0.25) is 5.88 Å². The van der Waals surface area contributed by atoms with Crippen molar-refractivity contribution in [2.75, 3.05) is 0 Å². The predicted molar refractivity (Wildman–Crippen MR) is 85.4 cm³/mol. The Balaban J connectivity index is 1.76. The third kappa shape index (κ3) is 4.34. The number of halogens is 2. The highest BCUT2D eigenvalue weighted by atomic mass is 35.5. The molecule has 0 unspecified atom stereocenters. The number of nitrogens with zero attached hydrogens (tertiary/aromatic N) is 1. The van der Waals surface area contributed by atoms with Gasteiger partial charge < -0.3 is 10.1 Å². The summed E-state index contributed by atoms with van der Waals surface area (Å²) in [5.41, 5.74) is 2.09. The maximum Gasteiger partial charge on any atom is 0.219 e. The van der Waals surface area contributed by atoms with Crippen LogP contribution in [0.3, 0.4) is 0 Å². The summed E-state index contributed by atoms with van der Waals surface area (Å²) in [7, 11) is 0. The Morgan fingerprint density at radius 3 is 2.52 bits per heavy atom. The summed E-state index contributed by atoms with van der Waals surface area (Å²) in [5, 5.41) is 4.57. The van der Waals surface area contributed by atoms with Crippen LogP contribution < -0.4 is 10.1 Å². The fraction of sp³-hybridized carbons (Fsp3) is 0.312. The molecule has 1 aliphatic rings. The number of ether oxygens (including phenoxy) is 1. The Kier molecular flexibility index (Phi) is 4.34. The Bertz CT molecular complexity index is 636. The Morgan fingerprint density at radius 1 is 1.14 bits per heavy atom. The van der Waals surface area contributed by atoms with Crippen LogP contribution in [0.4, 0.5) is 0 Å². The van der Waals surface area contributed by atoms with Crippen molar-refractivity contribution >= 4 is 23.2 Å². The second-order valence-corrected chi connectivity index (χ2v) is 6.19. The van der Waals surface area contributed by atoms with E-state index in [1.54, 1.807) is 18.2 Å². The minimum atomic E-state index is 0.542. The van der Waals surface area contributed by atoms with Crippen LogP contribution in [-0.4, -0.2) is 11.0 Å². The van der Waals surface area contributed by atoms with Crippen molar-refractivity contribution in [3.8, 4) is 11.6 Å². The fourth-order valence-corrected chi connectivity index (χ4v) is 2.63. The number of nitrogens with one attached hydrogen (secondary N) is 1. The van der Waals surface area contributed by atoms with Gasteiger partial charge in [-0.1, -0.05) is 23.2 Å². The molecule has 2 aromatic rings. The number of aromatic nitrogens is 1. The van der Waals surface area contributed by atoms with Crippen molar-refractivity contribution in [2.45, 2.75) is 32.4 Å². The molecule has 0 atom stereocenters. The van der Waals surface area contributed by atoms with Gasteiger partial charge in [0.15, 0.2) is 0 Å². The zero-order valence-corrected chi connectivity index (χ0v) is 13.2. The lowest BCUT2D eigenvalue weighted by molar-refractivity contribution is 0.460. The van der Waals surface area contributed by atoms with E-state index in [-0.39, 0.29) is 0 Å².